The van der Waals surface area contributed by atoms with Crippen molar-refractivity contribution in [1.82, 2.24) is 16.0 Å². The molecule has 1 aromatic carbocycles. The zero-order chi connectivity index (χ0) is 15.9. The maximum atomic E-state index is 13.4. The van der Waals surface area contributed by atoms with E-state index in [4.69, 9.17) is 0 Å². The number of hydrogen-bond donors (Lipinski definition) is 3. The highest BCUT2D eigenvalue weighted by molar-refractivity contribution is 5.94. The van der Waals surface area contributed by atoms with E-state index in [1.165, 1.54) is 18.9 Å². The summed E-state index contributed by atoms with van der Waals surface area (Å²) in [6.45, 7) is 3.49. The average Bonchev–Trinajstić information content (AvgIpc) is 3.30. The molecule has 0 aliphatic heterocycles. The fraction of sp³-hybridized carbons (Fsp3) is 0.500. The van der Waals surface area contributed by atoms with Crippen molar-refractivity contribution in [3.05, 3.63) is 35.1 Å². The molecule has 1 saturated carbocycles. The number of hydrogen-bond acceptors (Lipinski definition) is 3. The highest BCUT2D eigenvalue weighted by atomic mass is 19.1. The summed E-state index contributed by atoms with van der Waals surface area (Å²) in [7, 11) is 0. The number of rotatable bonds is 8. The highest BCUT2D eigenvalue weighted by Gasteiger charge is 2.20. The minimum atomic E-state index is -0.400. The van der Waals surface area contributed by atoms with Gasteiger partial charge in [-0.15, -0.1) is 0 Å². The van der Waals surface area contributed by atoms with Crippen molar-refractivity contribution in [1.29, 1.82) is 0 Å². The van der Waals surface area contributed by atoms with Gasteiger partial charge < -0.3 is 16.0 Å². The molecule has 120 valence electrons. The number of aryl methyl sites for hydroxylation is 1. The highest BCUT2D eigenvalue weighted by Crippen LogP contribution is 2.27. The van der Waals surface area contributed by atoms with Gasteiger partial charge in [0, 0.05) is 18.7 Å². The zero-order valence-electron chi connectivity index (χ0n) is 12.7. The molecule has 1 fully saturated rings. The van der Waals surface area contributed by atoms with Crippen LogP contribution in [0.2, 0.25) is 0 Å². The minimum absolute atomic E-state index is 0.0868. The maximum Gasteiger partial charge on any atom is 0.251 e. The number of benzene rings is 1. The van der Waals surface area contributed by atoms with E-state index in [0.717, 1.165) is 12.5 Å². The Bertz CT molecular complexity index is 544. The predicted octanol–water partition coefficient (Wildman–Crippen LogP) is 0.980. The Labute approximate surface area is 129 Å². The van der Waals surface area contributed by atoms with Crippen LogP contribution in [0.4, 0.5) is 4.39 Å². The minimum Gasteiger partial charge on any atom is -0.353 e. The van der Waals surface area contributed by atoms with E-state index in [0.29, 0.717) is 25.2 Å². The smallest absolute Gasteiger partial charge is 0.251 e. The topological polar surface area (TPSA) is 70.2 Å². The Kier molecular flexibility index (Phi) is 5.89. The van der Waals surface area contributed by atoms with Gasteiger partial charge in [-0.05, 0) is 49.9 Å². The van der Waals surface area contributed by atoms with Crippen molar-refractivity contribution in [3.8, 4) is 0 Å². The number of carbonyl (C=O) groups is 2. The molecular weight excluding hydrogens is 285 g/mol. The molecule has 0 aromatic heterocycles. The van der Waals surface area contributed by atoms with Gasteiger partial charge >= 0.3 is 0 Å². The molecule has 2 amide bonds. The Balaban J connectivity index is 1.59. The van der Waals surface area contributed by atoms with E-state index >= 15 is 0 Å². The Hall–Kier alpha value is -1.95. The first-order valence-electron chi connectivity index (χ1n) is 7.58. The van der Waals surface area contributed by atoms with E-state index in [9.17, 15) is 14.0 Å². The molecule has 1 aliphatic rings. The van der Waals surface area contributed by atoms with Gasteiger partial charge in [0.15, 0.2) is 0 Å². The lowest BCUT2D eigenvalue weighted by Crippen LogP contribution is -2.39. The van der Waals surface area contributed by atoms with Crippen LogP contribution in [0, 0.1) is 18.7 Å². The van der Waals surface area contributed by atoms with Gasteiger partial charge in [-0.1, -0.05) is 6.07 Å². The normalized spacial score (nSPS) is 13.7. The fourth-order valence-electron chi connectivity index (χ4n) is 1.99. The van der Waals surface area contributed by atoms with Crippen molar-refractivity contribution >= 4 is 11.8 Å². The van der Waals surface area contributed by atoms with Gasteiger partial charge in [-0.25, -0.2) is 4.39 Å². The largest absolute Gasteiger partial charge is 0.353 e. The third kappa shape index (κ3) is 5.44. The number of halogens is 1. The molecule has 0 radical (unpaired) electrons. The molecule has 6 heteroatoms. The second-order valence-corrected chi connectivity index (χ2v) is 5.64. The van der Waals surface area contributed by atoms with Gasteiger partial charge in [0.25, 0.3) is 5.91 Å². The second kappa shape index (κ2) is 7.89. The summed E-state index contributed by atoms with van der Waals surface area (Å²) in [6, 6.07) is 4.36. The van der Waals surface area contributed by atoms with Crippen molar-refractivity contribution in [2.45, 2.75) is 19.8 Å². The standard InChI is InChI=1S/C16H22FN3O2/c1-11-2-5-13(8-14(11)17)16(22)20-7-6-19-15(21)10-18-9-12-3-4-12/h2,5,8,12,18H,3-4,6-7,9-10H2,1H3,(H,19,21)(H,20,22). The van der Waals surface area contributed by atoms with Crippen LogP contribution in [0.5, 0.6) is 0 Å². The summed E-state index contributed by atoms with van der Waals surface area (Å²) in [5.74, 6) is -0.0963. The molecule has 2 rings (SSSR count). The summed E-state index contributed by atoms with van der Waals surface area (Å²) >= 11 is 0. The molecular formula is C16H22FN3O2. The van der Waals surface area contributed by atoms with Gasteiger partial charge in [0.2, 0.25) is 5.91 Å². The average molecular weight is 307 g/mol. The molecule has 3 N–H and O–H groups in total. The van der Waals surface area contributed by atoms with Crippen LogP contribution in [-0.2, 0) is 4.79 Å². The van der Waals surface area contributed by atoms with Gasteiger partial charge in [0.05, 0.1) is 6.54 Å². The molecule has 0 spiro atoms. The van der Waals surface area contributed by atoms with Crippen molar-refractivity contribution in [3.63, 3.8) is 0 Å². The van der Waals surface area contributed by atoms with Gasteiger partial charge in [-0.3, -0.25) is 9.59 Å². The first-order valence-corrected chi connectivity index (χ1v) is 7.58. The summed E-state index contributed by atoms with van der Waals surface area (Å²) in [5.41, 5.74) is 0.781. The van der Waals surface area contributed by atoms with Crippen LogP contribution >= 0.6 is 0 Å². The van der Waals surface area contributed by atoms with E-state index in [2.05, 4.69) is 16.0 Å². The van der Waals surface area contributed by atoms with Gasteiger partial charge in [0.1, 0.15) is 5.82 Å². The van der Waals surface area contributed by atoms with E-state index in [-0.39, 0.29) is 17.4 Å². The van der Waals surface area contributed by atoms with E-state index in [1.807, 2.05) is 0 Å². The third-order valence-electron chi connectivity index (χ3n) is 3.58. The van der Waals surface area contributed by atoms with E-state index < -0.39 is 5.82 Å². The van der Waals surface area contributed by atoms with Crippen molar-refractivity contribution < 1.29 is 14.0 Å². The van der Waals surface area contributed by atoms with Crippen LogP contribution in [0.3, 0.4) is 0 Å². The molecule has 0 heterocycles. The SMILES string of the molecule is Cc1ccc(C(=O)NCCNC(=O)CNCC2CC2)cc1F. The second-order valence-electron chi connectivity index (χ2n) is 5.64. The number of amides is 2. The molecule has 0 unspecified atom stereocenters. The van der Waals surface area contributed by atoms with Crippen molar-refractivity contribution in [2.24, 2.45) is 5.92 Å². The lowest BCUT2D eigenvalue weighted by Gasteiger charge is -2.08. The van der Waals surface area contributed by atoms with E-state index in [1.54, 1.807) is 19.1 Å². The molecule has 1 aromatic rings. The first kappa shape index (κ1) is 16.4. The lowest BCUT2D eigenvalue weighted by atomic mass is 10.1. The van der Waals surface area contributed by atoms with Crippen LogP contribution in [0.15, 0.2) is 18.2 Å². The maximum absolute atomic E-state index is 13.4. The van der Waals surface area contributed by atoms with Crippen LogP contribution < -0.4 is 16.0 Å². The Morgan fingerprint density at radius 2 is 1.95 bits per heavy atom. The Morgan fingerprint density at radius 3 is 2.64 bits per heavy atom. The van der Waals surface area contributed by atoms with Gasteiger partial charge in [-0.2, -0.15) is 0 Å². The summed E-state index contributed by atoms with van der Waals surface area (Å²) in [6.07, 6.45) is 2.50. The predicted molar refractivity (Wildman–Crippen MR) is 82.1 cm³/mol. The quantitative estimate of drug-likeness (QED) is 0.627. The monoisotopic (exact) mass is 307 g/mol. The molecule has 22 heavy (non-hydrogen) atoms. The number of nitrogens with one attached hydrogen (secondary N) is 3. The molecule has 1 aliphatic carbocycles. The zero-order valence-corrected chi connectivity index (χ0v) is 12.7. The lowest BCUT2D eigenvalue weighted by molar-refractivity contribution is -0.120. The number of carbonyl (C=O) groups excluding carboxylic acids is 2. The summed E-state index contributed by atoms with van der Waals surface area (Å²) in [4.78, 5) is 23.3. The fourth-order valence-corrected chi connectivity index (χ4v) is 1.99. The summed E-state index contributed by atoms with van der Waals surface area (Å²) in [5, 5.41) is 8.45. The van der Waals surface area contributed by atoms with Crippen molar-refractivity contribution in [2.75, 3.05) is 26.2 Å². The van der Waals surface area contributed by atoms with Crippen LogP contribution in [-0.4, -0.2) is 38.0 Å². The molecule has 0 saturated heterocycles. The summed E-state index contributed by atoms with van der Waals surface area (Å²) < 4.78 is 13.4. The third-order valence-corrected chi connectivity index (χ3v) is 3.58. The first-order chi connectivity index (χ1) is 10.6. The van der Waals surface area contributed by atoms with Crippen LogP contribution in [0.1, 0.15) is 28.8 Å². The Morgan fingerprint density at radius 1 is 1.23 bits per heavy atom. The molecule has 0 atom stereocenters. The van der Waals surface area contributed by atoms with Crippen LogP contribution in [0.25, 0.3) is 0 Å². The molecule has 0 bridgehead atoms. The molecule has 5 nitrogen and oxygen atoms in total.